The summed E-state index contributed by atoms with van der Waals surface area (Å²) in [6.45, 7) is 5.05. The molecule has 0 aliphatic carbocycles. The largest absolute Gasteiger partial charge is 0.494 e. The third-order valence-electron chi connectivity index (χ3n) is 4.17. The average Bonchev–Trinajstić information content (AvgIpc) is 3.00. The van der Waals surface area contributed by atoms with Gasteiger partial charge in [-0.15, -0.1) is 0 Å². The van der Waals surface area contributed by atoms with E-state index in [4.69, 9.17) is 38.2 Å². The summed E-state index contributed by atoms with van der Waals surface area (Å²) in [7, 11) is 1.90. The summed E-state index contributed by atoms with van der Waals surface area (Å²) in [5, 5.41) is 7.77. The van der Waals surface area contributed by atoms with Crippen molar-refractivity contribution in [2.75, 3.05) is 25.9 Å². The van der Waals surface area contributed by atoms with E-state index in [9.17, 15) is 0 Å². The van der Waals surface area contributed by atoms with Crippen LogP contribution in [0.2, 0.25) is 10.0 Å². The van der Waals surface area contributed by atoms with E-state index >= 15 is 0 Å². The van der Waals surface area contributed by atoms with Gasteiger partial charge in [-0.2, -0.15) is 0 Å². The lowest BCUT2D eigenvalue weighted by molar-refractivity contribution is 0.310. The summed E-state index contributed by atoms with van der Waals surface area (Å²) in [6, 6.07) is 5.34. The van der Waals surface area contributed by atoms with E-state index in [1.165, 1.54) is 0 Å². The molecular weight excluding hydrogens is 401 g/mol. The van der Waals surface area contributed by atoms with Crippen molar-refractivity contribution in [3.8, 4) is 28.4 Å². The minimum atomic E-state index is 0.151. The van der Waals surface area contributed by atoms with Gasteiger partial charge in [0.1, 0.15) is 28.0 Å². The van der Waals surface area contributed by atoms with E-state index < -0.39 is 0 Å². The number of halogens is 2. The average molecular weight is 422 g/mol. The van der Waals surface area contributed by atoms with Crippen molar-refractivity contribution in [1.82, 2.24) is 20.4 Å². The molecule has 3 aromatic rings. The molecule has 7 nitrogen and oxygen atoms in total. The Morgan fingerprint density at radius 2 is 2.00 bits per heavy atom. The van der Waals surface area contributed by atoms with Crippen molar-refractivity contribution >= 4 is 29.0 Å². The summed E-state index contributed by atoms with van der Waals surface area (Å²) in [4.78, 5) is 8.92. The molecule has 148 valence electrons. The number of anilines is 1. The second kappa shape index (κ2) is 8.77. The Labute approximate surface area is 173 Å². The van der Waals surface area contributed by atoms with Crippen molar-refractivity contribution in [2.24, 2.45) is 0 Å². The lowest BCUT2D eigenvalue weighted by Crippen LogP contribution is -2.11. The Balaban J connectivity index is 2.02. The van der Waals surface area contributed by atoms with Crippen LogP contribution in [-0.2, 0) is 0 Å². The molecule has 0 unspecified atom stereocenters. The fraction of sp³-hybridized carbons (Fsp3) is 0.316. The van der Waals surface area contributed by atoms with Gasteiger partial charge >= 0.3 is 0 Å². The van der Waals surface area contributed by atoms with Crippen molar-refractivity contribution in [3.05, 3.63) is 39.7 Å². The number of aryl methyl sites for hydroxylation is 2. The molecule has 0 radical (unpaired) electrons. The number of benzene rings is 1. The number of nitrogens with one attached hydrogen (secondary N) is 1. The number of nitrogens with two attached hydrogens (primary N) is 1. The number of ether oxygens (including phenoxy) is 1. The zero-order chi connectivity index (χ0) is 20.3. The van der Waals surface area contributed by atoms with Crippen LogP contribution < -0.4 is 15.8 Å². The van der Waals surface area contributed by atoms with Crippen LogP contribution >= 0.6 is 23.2 Å². The topological polar surface area (TPSA) is 99.1 Å². The molecular formula is C19H21Cl2N5O2. The minimum Gasteiger partial charge on any atom is -0.494 e. The first-order chi connectivity index (χ1) is 13.4. The molecule has 2 heterocycles. The number of nitrogens with zero attached hydrogens (tertiary/aromatic N) is 3. The summed E-state index contributed by atoms with van der Waals surface area (Å²) >= 11 is 12.8. The Morgan fingerprint density at radius 3 is 2.68 bits per heavy atom. The fourth-order valence-corrected chi connectivity index (χ4v) is 3.16. The Morgan fingerprint density at radius 1 is 1.21 bits per heavy atom. The Bertz CT molecular complexity index is 971. The lowest BCUT2D eigenvalue weighted by Gasteiger charge is -2.12. The van der Waals surface area contributed by atoms with Gasteiger partial charge < -0.3 is 20.3 Å². The maximum absolute atomic E-state index is 6.40. The third kappa shape index (κ3) is 4.22. The SMILES string of the molecule is CNCCCOc1ccc(Cl)c(-c2nc(N)c(Cl)c(-c3c(C)noc3C)n2)c1. The summed E-state index contributed by atoms with van der Waals surface area (Å²) in [6.07, 6.45) is 0.884. The molecule has 0 atom stereocenters. The van der Waals surface area contributed by atoms with Crippen LogP contribution in [0.25, 0.3) is 22.6 Å². The first kappa shape index (κ1) is 20.4. The van der Waals surface area contributed by atoms with Gasteiger partial charge in [0, 0.05) is 5.56 Å². The summed E-state index contributed by atoms with van der Waals surface area (Å²) < 4.78 is 11.0. The van der Waals surface area contributed by atoms with Crippen LogP contribution in [0.15, 0.2) is 22.7 Å². The molecule has 3 N–H and O–H groups in total. The van der Waals surface area contributed by atoms with Gasteiger partial charge in [-0.3, -0.25) is 0 Å². The van der Waals surface area contributed by atoms with Crippen LogP contribution in [0.3, 0.4) is 0 Å². The predicted octanol–water partition coefficient (Wildman–Crippen LogP) is 4.29. The highest BCUT2D eigenvalue weighted by Gasteiger charge is 2.21. The fourth-order valence-electron chi connectivity index (χ4n) is 2.78. The van der Waals surface area contributed by atoms with Gasteiger partial charge in [0.05, 0.1) is 22.9 Å². The predicted molar refractivity (Wildman–Crippen MR) is 111 cm³/mol. The molecule has 0 aliphatic rings. The number of hydrogen-bond acceptors (Lipinski definition) is 7. The summed E-state index contributed by atoms with van der Waals surface area (Å²) in [5.74, 6) is 1.77. The van der Waals surface area contributed by atoms with Gasteiger partial charge in [0.15, 0.2) is 5.82 Å². The van der Waals surface area contributed by atoms with Crippen molar-refractivity contribution in [1.29, 1.82) is 0 Å². The maximum Gasteiger partial charge on any atom is 0.163 e. The molecule has 3 rings (SSSR count). The molecule has 0 bridgehead atoms. The van der Waals surface area contributed by atoms with Crippen molar-refractivity contribution in [3.63, 3.8) is 0 Å². The Kier molecular flexibility index (Phi) is 6.39. The molecule has 9 heteroatoms. The molecule has 2 aromatic heterocycles. The van der Waals surface area contributed by atoms with Crippen LogP contribution in [-0.4, -0.2) is 35.3 Å². The van der Waals surface area contributed by atoms with E-state index in [0.29, 0.717) is 51.5 Å². The highest BCUT2D eigenvalue weighted by Crippen LogP contribution is 2.37. The quantitative estimate of drug-likeness (QED) is 0.548. The van der Waals surface area contributed by atoms with Gasteiger partial charge in [0.25, 0.3) is 0 Å². The van der Waals surface area contributed by atoms with E-state index in [-0.39, 0.29) is 10.8 Å². The zero-order valence-corrected chi connectivity index (χ0v) is 17.4. The van der Waals surface area contributed by atoms with Crippen LogP contribution in [0, 0.1) is 13.8 Å². The molecule has 0 amide bonds. The molecule has 0 saturated heterocycles. The first-order valence-electron chi connectivity index (χ1n) is 8.76. The standard InChI is InChI=1S/C19H21Cl2N5O2/c1-10-15(11(2)28-26-10)17-16(21)18(22)25-19(24-17)13-9-12(5-6-14(13)20)27-8-4-7-23-3/h5-6,9,23H,4,7-8H2,1-3H3,(H2,22,24,25). The lowest BCUT2D eigenvalue weighted by atomic mass is 10.1. The normalized spacial score (nSPS) is 11.0. The minimum absolute atomic E-state index is 0.151. The maximum atomic E-state index is 6.40. The molecule has 28 heavy (non-hydrogen) atoms. The van der Waals surface area contributed by atoms with E-state index in [2.05, 4.69) is 20.4 Å². The molecule has 0 saturated carbocycles. The van der Waals surface area contributed by atoms with Crippen molar-refractivity contribution in [2.45, 2.75) is 20.3 Å². The van der Waals surface area contributed by atoms with E-state index in [1.54, 1.807) is 25.1 Å². The van der Waals surface area contributed by atoms with Crippen LogP contribution in [0.1, 0.15) is 17.9 Å². The van der Waals surface area contributed by atoms with Crippen molar-refractivity contribution < 1.29 is 9.26 Å². The smallest absolute Gasteiger partial charge is 0.163 e. The second-order valence-electron chi connectivity index (χ2n) is 6.24. The number of rotatable bonds is 7. The van der Waals surface area contributed by atoms with Gasteiger partial charge in [-0.1, -0.05) is 28.4 Å². The first-order valence-corrected chi connectivity index (χ1v) is 9.51. The highest BCUT2D eigenvalue weighted by molar-refractivity contribution is 6.35. The number of hydrogen-bond donors (Lipinski definition) is 2. The van der Waals surface area contributed by atoms with E-state index in [0.717, 1.165) is 13.0 Å². The Hall–Kier alpha value is -2.35. The van der Waals surface area contributed by atoms with Crippen LogP contribution in [0.4, 0.5) is 5.82 Å². The zero-order valence-electron chi connectivity index (χ0n) is 15.8. The molecule has 0 aliphatic heterocycles. The monoisotopic (exact) mass is 421 g/mol. The number of aromatic nitrogens is 3. The van der Waals surface area contributed by atoms with Gasteiger partial charge in [-0.25, -0.2) is 9.97 Å². The molecule has 1 aromatic carbocycles. The third-order valence-corrected chi connectivity index (χ3v) is 4.87. The second-order valence-corrected chi connectivity index (χ2v) is 7.03. The summed E-state index contributed by atoms with van der Waals surface area (Å²) in [5.41, 5.74) is 8.46. The van der Waals surface area contributed by atoms with Crippen LogP contribution in [0.5, 0.6) is 5.75 Å². The van der Waals surface area contributed by atoms with Gasteiger partial charge in [0.2, 0.25) is 0 Å². The molecule has 0 fully saturated rings. The highest BCUT2D eigenvalue weighted by atomic mass is 35.5. The molecule has 0 spiro atoms. The number of nitrogen functional groups attached to an aromatic ring is 1. The van der Waals surface area contributed by atoms with Gasteiger partial charge in [-0.05, 0) is 52.1 Å². The van der Waals surface area contributed by atoms with E-state index in [1.807, 2.05) is 14.0 Å².